The molecule has 6 heteroatoms. The number of aromatic nitrogens is 1. The lowest BCUT2D eigenvalue weighted by Gasteiger charge is -2.07. The van der Waals surface area contributed by atoms with Crippen LogP contribution in [0.5, 0.6) is 0 Å². The van der Waals surface area contributed by atoms with Crippen molar-refractivity contribution < 1.29 is 18.3 Å². The molecular formula is C9H8F2INO2. The second-order valence-corrected chi connectivity index (χ2v) is 3.66. The number of carbonyl (C=O) groups excluding carboxylic acids is 1. The van der Waals surface area contributed by atoms with Gasteiger partial charge in [0.25, 0.3) is 6.43 Å². The van der Waals surface area contributed by atoms with Gasteiger partial charge in [-0.2, -0.15) is 0 Å². The van der Waals surface area contributed by atoms with E-state index in [9.17, 15) is 13.6 Å². The molecule has 0 amide bonds. The van der Waals surface area contributed by atoms with Crippen LogP contribution in [0.25, 0.3) is 0 Å². The van der Waals surface area contributed by atoms with Crippen molar-refractivity contribution in [1.82, 2.24) is 4.98 Å². The highest BCUT2D eigenvalue weighted by atomic mass is 127. The Morgan fingerprint density at radius 2 is 2.33 bits per heavy atom. The molecule has 1 rings (SSSR count). The molecule has 0 aromatic carbocycles. The van der Waals surface area contributed by atoms with Crippen LogP contribution in [-0.4, -0.2) is 17.6 Å². The number of hydrogen-bond acceptors (Lipinski definition) is 3. The van der Waals surface area contributed by atoms with Crippen LogP contribution in [0.2, 0.25) is 0 Å². The normalized spacial score (nSPS) is 10.5. The maximum absolute atomic E-state index is 12.5. The van der Waals surface area contributed by atoms with Gasteiger partial charge in [0.05, 0.1) is 10.2 Å². The minimum absolute atomic E-state index is 0.0600. The van der Waals surface area contributed by atoms with Gasteiger partial charge in [-0.25, -0.2) is 18.6 Å². The molecule has 3 nitrogen and oxygen atoms in total. The summed E-state index contributed by atoms with van der Waals surface area (Å²) in [5.74, 6) is -0.676. The summed E-state index contributed by atoms with van der Waals surface area (Å²) in [5, 5.41) is 0. The molecule has 0 fully saturated rings. The summed E-state index contributed by atoms with van der Waals surface area (Å²) in [6, 6.07) is 1.19. The number of esters is 1. The van der Waals surface area contributed by atoms with E-state index in [1.807, 2.05) is 0 Å². The van der Waals surface area contributed by atoms with Crippen LogP contribution in [0.4, 0.5) is 8.78 Å². The van der Waals surface area contributed by atoms with E-state index < -0.39 is 12.4 Å². The largest absolute Gasteiger partial charge is 0.461 e. The van der Waals surface area contributed by atoms with Crippen LogP contribution >= 0.6 is 22.6 Å². The summed E-state index contributed by atoms with van der Waals surface area (Å²) in [5.41, 5.74) is -0.260. The lowest BCUT2D eigenvalue weighted by molar-refractivity contribution is 0.0517. The summed E-state index contributed by atoms with van der Waals surface area (Å²) in [7, 11) is 0. The fourth-order valence-electron chi connectivity index (χ4n) is 0.969. The Kier molecular flexibility index (Phi) is 4.37. The molecule has 1 heterocycles. The Morgan fingerprint density at radius 3 is 2.87 bits per heavy atom. The fraction of sp³-hybridized carbons (Fsp3) is 0.333. The Bertz CT molecular complexity index is 371. The first-order valence-electron chi connectivity index (χ1n) is 4.17. The molecule has 1 aromatic heterocycles. The molecule has 15 heavy (non-hydrogen) atoms. The third kappa shape index (κ3) is 2.83. The molecule has 0 aliphatic carbocycles. The van der Waals surface area contributed by atoms with Gasteiger partial charge in [0.15, 0.2) is 5.69 Å². The van der Waals surface area contributed by atoms with Gasteiger partial charge >= 0.3 is 5.97 Å². The minimum atomic E-state index is -2.62. The molecule has 0 unspecified atom stereocenters. The summed E-state index contributed by atoms with van der Waals surface area (Å²) in [6.45, 7) is 1.83. The molecule has 0 saturated carbocycles. The summed E-state index contributed by atoms with van der Waals surface area (Å²) in [6.07, 6.45) is -1.44. The first-order chi connectivity index (χ1) is 7.07. The predicted octanol–water partition coefficient (Wildman–Crippen LogP) is 2.80. The van der Waals surface area contributed by atoms with Gasteiger partial charge in [0.1, 0.15) is 0 Å². The zero-order chi connectivity index (χ0) is 11.4. The number of nitrogens with zero attached hydrogens (tertiary/aromatic N) is 1. The van der Waals surface area contributed by atoms with Gasteiger partial charge in [0.2, 0.25) is 0 Å². The van der Waals surface area contributed by atoms with Crippen molar-refractivity contribution in [3.63, 3.8) is 0 Å². The maximum Gasteiger partial charge on any atom is 0.358 e. The molecule has 0 saturated heterocycles. The predicted molar refractivity (Wildman–Crippen MR) is 57.9 cm³/mol. The molecule has 0 N–H and O–H groups in total. The first-order valence-corrected chi connectivity index (χ1v) is 5.25. The van der Waals surface area contributed by atoms with E-state index in [1.165, 1.54) is 12.3 Å². The topological polar surface area (TPSA) is 39.2 Å². The molecule has 0 aliphatic heterocycles. The van der Waals surface area contributed by atoms with Crippen LogP contribution in [0.1, 0.15) is 29.4 Å². The molecule has 0 bridgehead atoms. The maximum atomic E-state index is 12.5. The Balaban J connectivity index is 3.09. The Morgan fingerprint density at radius 1 is 1.67 bits per heavy atom. The van der Waals surface area contributed by atoms with Gasteiger partial charge in [-0.3, -0.25) is 0 Å². The second kappa shape index (κ2) is 5.34. The lowest BCUT2D eigenvalue weighted by atomic mass is 10.2. The summed E-state index contributed by atoms with van der Waals surface area (Å²) >= 11 is 1.67. The van der Waals surface area contributed by atoms with E-state index in [-0.39, 0.29) is 21.4 Å². The molecule has 0 aliphatic rings. The number of hydrogen-bond donors (Lipinski definition) is 0. The Labute approximate surface area is 99.0 Å². The van der Waals surface area contributed by atoms with E-state index in [0.717, 1.165) is 0 Å². The van der Waals surface area contributed by atoms with Gasteiger partial charge in [0, 0.05) is 11.8 Å². The zero-order valence-electron chi connectivity index (χ0n) is 7.84. The van der Waals surface area contributed by atoms with Gasteiger partial charge in [-0.1, -0.05) is 0 Å². The van der Waals surface area contributed by atoms with E-state index in [1.54, 1.807) is 29.5 Å². The van der Waals surface area contributed by atoms with Crippen molar-refractivity contribution in [2.24, 2.45) is 0 Å². The van der Waals surface area contributed by atoms with Crippen LogP contribution in [0, 0.1) is 3.57 Å². The number of alkyl halides is 2. The van der Waals surface area contributed by atoms with Crippen molar-refractivity contribution >= 4 is 28.6 Å². The highest BCUT2D eigenvalue weighted by molar-refractivity contribution is 14.1. The standard InChI is InChI=1S/C9H8F2INO2/c1-2-15-9(14)7-6(12)5(8(10)11)3-4-13-7/h3-4,8H,2H2,1H3. The smallest absolute Gasteiger partial charge is 0.358 e. The molecule has 82 valence electrons. The second-order valence-electron chi connectivity index (χ2n) is 2.58. The highest BCUT2D eigenvalue weighted by Gasteiger charge is 2.19. The average Bonchev–Trinajstić information content (AvgIpc) is 2.17. The Hall–Kier alpha value is -0.790. The van der Waals surface area contributed by atoms with E-state index in [2.05, 4.69) is 4.98 Å². The van der Waals surface area contributed by atoms with E-state index in [0.29, 0.717) is 0 Å². The first kappa shape index (κ1) is 12.3. The van der Waals surface area contributed by atoms with Crippen molar-refractivity contribution in [2.75, 3.05) is 6.61 Å². The zero-order valence-corrected chi connectivity index (χ0v) is 9.99. The summed E-state index contributed by atoms with van der Waals surface area (Å²) < 4.78 is 29.8. The number of halogens is 3. The number of ether oxygens (including phenoxy) is 1. The van der Waals surface area contributed by atoms with E-state index in [4.69, 9.17) is 4.74 Å². The highest BCUT2D eigenvalue weighted by Crippen LogP contribution is 2.25. The van der Waals surface area contributed by atoms with Gasteiger partial charge in [-0.15, -0.1) is 0 Å². The van der Waals surface area contributed by atoms with E-state index >= 15 is 0 Å². The van der Waals surface area contributed by atoms with Crippen molar-refractivity contribution in [1.29, 1.82) is 0 Å². The number of pyridine rings is 1. The molecule has 0 radical (unpaired) electrons. The fourth-order valence-corrected chi connectivity index (χ4v) is 1.74. The van der Waals surface area contributed by atoms with Crippen LogP contribution in [-0.2, 0) is 4.74 Å². The quantitative estimate of drug-likeness (QED) is 0.633. The monoisotopic (exact) mass is 327 g/mol. The lowest BCUT2D eigenvalue weighted by Crippen LogP contribution is -2.10. The molecular weight excluding hydrogens is 319 g/mol. The minimum Gasteiger partial charge on any atom is -0.461 e. The van der Waals surface area contributed by atoms with Gasteiger partial charge in [-0.05, 0) is 35.6 Å². The SMILES string of the molecule is CCOC(=O)c1nccc(C(F)F)c1I. The average molecular weight is 327 g/mol. The number of rotatable bonds is 3. The van der Waals surface area contributed by atoms with Gasteiger partial charge < -0.3 is 4.74 Å². The number of carbonyl (C=O) groups is 1. The van der Waals surface area contributed by atoms with Crippen LogP contribution in [0.15, 0.2) is 12.3 Å². The molecule has 0 spiro atoms. The molecule has 0 atom stereocenters. The van der Waals surface area contributed by atoms with Crippen molar-refractivity contribution in [2.45, 2.75) is 13.3 Å². The van der Waals surface area contributed by atoms with Crippen molar-refractivity contribution in [3.8, 4) is 0 Å². The third-order valence-corrected chi connectivity index (χ3v) is 2.76. The summed E-state index contributed by atoms with van der Waals surface area (Å²) in [4.78, 5) is 15.0. The van der Waals surface area contributed by atoms with Crippen LogP contribution < -0.4 is 0 Å². The third-order valence-electron chi connectivity index (χ3n) is 1.62. The molecule has 1 aromatic rings. The van der Waals surface area contributed by atoms with Crippen molar-refractivity contribution in [3.05, 3.63) is 27.1 Å². The van der Waals surface area contributed by atoms with Crippen LogP contribution in [0.3, 0.4) is 0 Å².